The lowest BCUT2D eigenvalue weighted by Crippen LogP contribution is -2.38. The molecule has 1 aliphatic rings. The molecule has 7 heteroatoms. The second-order valence-electron chi connectivity index (χ2n) is 4.02. The van der Waals surface area contributed by atoms with Crippen molar-refractivity contribution in [3.05, 3.63) is 41.2 Å². The maximum Gasteiger partial charge on any atom is 0.255 e. The predicted molar refractivity (Wildman–Crippen MR) is 64.0 cm³/mol. The predicted octanol–water partition coefficient (Wildman–Crippen LogP) is 0.982. The summed E-state index contributed by atoms with van der Waals surface area (Å²) in [7, 11) is 0. The molecule has 0 unspecified atom stereocenters. The number of pyridine rings is 1. The number of carbonyl (C=O) groups excluding carboxylic acids is 1. The van der Waals surface area contributed by atoms with Gasteiger partial charge < -0.3 is 9.47 Å². The third kappa shape index (κ3) is 1.84. The van der Waals surface area contributed by atoms with E-state index < -0.39 is 0 Å². The lowest BCUT2D eigenvalue weighted by molar-refractivity contribution is 0.0707. The van der Waals surface area contributed by atoms with Crippen LogP contribution in [0.4, 0.5) is 0 Å². The van der Waals surface area contributed by atoms with Crippen LogP contribution in [0.1, 0.15) is 16.2 Å². The normalized spacial score (nSPS) is 14.4. The molecule has 0 saturated heterocycles. The molecule has 1 amide bonds. The first-order valence-corrected chi connectivity index (χ1v) is 5.89. The summed E-state index contributed by atoms with van der Waals surface area (Å²) < 4.78 is 1.94. The molecule has 0 bridgehead atoms. The highest BCUT2D eigenvalue weighted by Gasteiger charge is 2.24. The summed E-state index contributed by atoms with van der Waals surface area (Å²) in [6.45, 7) is 1.79. The fraction of sp³-hybridized carbons (Fsp3) is 0.273. The highest BCUT2D eigenvalue weighted by Crippen LogP contribution is 2.18. The van der Waals surface area contributed by atoms with Crippen LogP contribution < -0.4 is 0 Å². The van der Waals surface area contributed by atoms with Crippen LogP contribution in [-0.4, -0.2) is 37.1 Å². The minimum Gasteiger partial charge on any atom is -0.329 e. The van der Waals surface area contributed by atoms with Gasteiger partial charge in [0.05, 0.1) is 17.1 Å². The van der Waals surface area contributed by atoms with E-state index in [1.807, 2.05) is 4.57 Å². The van der Waals surface area contributed by atoms with Gasteiger partial charge in [-0.3, -0.25) is 9.78 Å². The molecule has 92 valence electrons. The summed E-state index contributed by atoms with van der Waals surface area (Å²) in [5, 5.41) is 8.18. The molecule has 18 heavy (non-hydrogen) atoms. The van der Waals surface area contributed by atoms with Crippen molar-refractivity contribution in [3.63, 3.8) is 0 Å². The van der Waals surface area contributed by atoms with Crippen molar-refractivity contribution in [2.24, 2.45) is 0 Å². The Morgan fingerprint density at radius 2 is 2.28 bits per heavy atom. The largest absolute Gasteiger partial charge is 0.329 e. The molecular weight excluding hydrogens is 254 g/mol. The number of fused-ring (bicyclic) bond motifs is 1. The van der Waals surface area contributed by atoms with Gasteiger partial charge in [0, 0.05) is 25.5 Å². The van der Waals surface area contributed by atoms with Crippen LogP contribution in [0.3, 0.4) is 0 Å². The third-order valence-electron chi connectivity index (χ3n) is 2.93. The molecule has 1 aliphatic heterocycles. The number of halogens is 1. The molecule has 6 nitrogen and oxygen atoms in total. The fourth-order valence-electron chi connectivity index (χ4n) is 1.96. The SMILES string of the molecule is O=C(c1ccncc1Cl)N1CCn2cnnc2C1. The summed E-state index contributed by atoms with van der Waals surface area (Å²) in [6.07, 6.45) is 4.71. The summed E-state index contributed by atoms with van der Waals surface area (Å²) >= 11 is 5.97. The Balaban J connectivity index is 1.85. The Kier molecular flexibility index (Phi) is 2.71. The number of rotatable bonds is 1. The first-order valence-electron chi connectivity index (χ1n) is 5.51. The molecule has 0 spiro atoms. The average Bonchev–Trinajstić information content (AvgIpc) is 2.85. The Labute approximate surface area is 108 Å². The quantitative estimate of drug-likeness (QED) is 0.769. The Morgan fingerprint density at radius 3 is 3.11 bits per heavy atom. The van der Waals surface area contributed by atoms with E-state index in [1.165, 1.54) is 6.20 Å². The van der Waals surface area contributed by atoms with E-state index in [9.17, 15) is 4.79 Å². The summed E-state index contributed by atoms with van der Waals surface area (Å²) in [5.74, 6) is 0.691. The van der Waals surface area contributed by atoms with Gasteiger partial charge in [-0.2, -0.15) is 0 Å². The van der Waals surface area contributed by atoms with E-state index in [4.69, 9.17) is 11.6 Å². The van der Waals surface area contributed by atoms with Crippen molar-refractivity contribution in [1.82, 2.24) is 24.6 Å². The Bertz CT molecular complexity index is 597. The monoisotopic (exact) mass is 263 g/mol. The lowest BCUT2D eigenvalue weighted by Gasteiger charge is -2.27. The van der Waals surface area contributed by atoms with E-state index in [-0.39, 0.29) is 5.91 Å². The van der Waals surface area contributed by atoms with Crippen LogP contribution in [0.25, 0.3) is 0 Å². The van der Waals surface area contributed by atoms with Crippen molar-refractivity contribution < 1.29 is 4.79 Å². The van der Waals surface area contributed by atoms with E-state index in [0.717, 1.165) is 5.82 Å². The lowest BCUT2D eigenvalue weighted by atomic mass is 10.2. The van der Waals surface area contributed by atoms with Crippen molar-refractivity contribution >= 4 is 17.5 Å². The van der Waals surface area contributed by atoms with E-state index >= 15 is 0 Å². The molecule has 3 heterocycles. The molecule has 0 saturated carbocycles. The van der Waals surface area contributed by atoms with Crippen molar-refractivity contribution in [2.75, 3.05) is 6.54 Å². The summed E-state index contributed by atoms with van der Waals surface area (Å²) in [4.78, 5) is 17.9. The molecule has 0 fully saturated rings. The molecule has 0 radical (unpaired) electrons. The molecular formula is C11H10ClN5O. The van der Waals surface area contributed by atoms with E-state index in [1.54, 1.807) is 23.5 Å². The van der Waals surface area contributed by atoms with Gasteiger partial charge in [-0.25, -0.2) is 0 Å². The third-order valence-corrected chi connectivity index (χ3v) is 3.23. The minimum atomic E-state index is -0.100. The second-order valence-corrected chi connectivity index (χ2v) is 4.43. The molecule has 0 aromatic carbocycles. The van der Waals surface area contributed by atoms with E-state index in [2.05, 4.69) is 15.2 Å². The molecule has 2 aromatic heterocycles. The zero-order valence-electron chi connectivity index (χ0n) is 9.45. The van der Waals surface area contributed by atoms with Crippen LogP contribution in [0.15, 0.2) is 24.8 Å². The molecule has 0 aliphatic carbocycles. The van der Waals surface area contributed by atoms with Crippen LogP contribution >= 0.6 is 11.6 Å². The second kappa shape index (κ2) is 4.38. The number of carbonyl (C=O) groups is 1. The van der Waals surface area contributed by atoms with Gasteiger partial charge in [0.2, 0.25) is 0 Å². The van der Waals surface area contributed by atoms with Gasteiger partial charge >= 0.3 is 0 Å². The van der Waals surface area contributed by atoms with E-state index in [0.29, 0.717) is 30.2 Å². The molecule has 2 aromatic rings. The molecule has 0 atom stereocenters. The topological polar surface area (TPSA) is 63.9 Å². The average molecular weight is 264 g/mol. The van der Waals surface area contributed by atoms with Crippen molar-refractivity contribution in [3.8, 4) is 0 Å². The van der Waals surface area contributed by atoms with Gasteiger partial charge in [0.1, 0.15) is 6.33 Å². The fourth-order valence-corrected chi connectivity index (χ4v) is 2.16. The number of hydrogen-bond donors (Lipinski definition) is 0. The van der Waals surface area contributed by atoms with Crippen molar-refractivity contribution in [2.45, 2.75) is 13.1 Å². The van der Waals surface area contributed by atoms with Gasteiger partial charge in [0.25, 0.3) is 5.91 Å². The number of nitrogens with zero attached hydrogens (tertiary/aromatic N) is 5. The van der Waals surface area contributed by atoms with Crippen LogP contribution in [0, 0.1) is 0 Å². The van der Waals surface area contributed by atoms with Crippen LogP contribution in [0.2, 0.25) is 5.02 Å². The smallest absolute Gasteiger partial charge is 0.255 e. The zero-order chi connectivity index (χ0) is 12.5. The van der Waals surface area contributed by atoms with Crippen molar-refractivity contribution in [1.29, 1.82) is 0 Å². The number of aromatic nitrogens is 4. The minimum absolute atomic E-state index is 0.100. The first kappa shape index (κ1) is 11.2. The van der Waals surface area contributed by atoms with Crippen LogP contribution in [-0.2, 0) is 13.1 Å². The number of amides is 1. The van der Waals surface area contributed by atoms with Crippen LogP contribution in [0.5, 0.6) is 0 Å². The van der Waals surface area contributed by atoms with Gasteiger partial charge in [0.15, 0.2) is 5.82 Å². The van der Waals surface area contributed by atoms with Gasteiger partial charge in [-0.15, -0.1) is 10.2 Å². The Morgan fingerprint density at radius 1 is 1.39 bits per heavy atom. The zero-order valence-corrected chi connectivity index (χ0v) is 10.2. The molecule has 0 N–H and O–H groups in total. The summed E-state index contributed by atoms with van der Waals surface area (Å²) in [6, 6.07) is 1.63. The summed E-state index contributed by atoms with van der Waals surface area (Å²) in [5.41, 5.74) is 0.472. The first-order chi connectivity index (χ1) is 8.75. The standard InChI is InChI=1S/C11H10ClN5O/c12-9-5-13-2-1-8(9)11(18)16-3-4-17-7-14-15-10(17)6-16/h1-2,5,7H,3-4,6H2. The van der Waals surface area contributed by atoms with Gasteiger partial charge in [-0.05, 0) is 6.07 Å². The number of hydrogen-bond acceptors (Lipinski definition) is 4. The van der Waals surface area contributed by atoms with Gasteiger partial charge in [-0.1, -0.05) is 11.6 Å². The maximum atomic E-state index is 12.3. The maximum absolute atomic E-state index is 12.3. The highest BCUT2D eigenvalue weighted by atomic mass is 35.5. The Hall–Kier alpha value is -1.95. The molecule has 3 rings (SSSR count). The highest BCUT2D eigenvalue weighted by molar-refractivity contribution is 6.33.